The summed E-state index contributed by atoms with van der Waals surface area (Å²) < 4.78 is 10.3. The minimum atomic E-state index is -0.315. The largest absolute Gasteiger partial charge is 0.466 e. The second-order valence-corrected chi connectivity index (χ2v) is 5.42. The summed E-state index contributed by atoms with van der Waals surface area (Å²) in [7, 11) is 1.65. The molecule has 2 N–H and O–H groups in total. The molecule has 0 heterocycles. The molecule has 0 fully saturated rings. The van der Waals surface area contributed by atoms with Crippen molar-refractivity contribution in [2.45, 2.75) is 58.1 Å². The number of hydrogen-bond donors (Lipinski definition) is 1. The van der Waals surface area contributed by atoms with Crippen LogP contribution < -0.4 is 5.73 Å². The van der Waals surface area contributed by atoms with E-state index in [1.165, 1.54) is 0 Å². The average Bonchev–Trinajstić information content (AvgIpc) is 2.13. The molecule has 0 aliphatic rings. The molecule has 4 heteroatoms. The van der Waals surface area contributed by atoms with Crippen molar-refractivity contribution in [3.8, 4) is 0 Å². The number of carbonyl (C=O) groups is 1. The molecule has 0 rings (SSSR count). The van der Waals surface area contributed by atoms with E-state index in [4.69, 9.17) is 15.2 Å². The normalized spacial score (nSPS) is 12.6. The summed E-state index contributed by atoms with van der Waals surface area (Å²) >= 11 is 0. The fraction of sp³-hybridized carbons (Fsp3) is 0.917. The fourth-order valence-electron chi connectivity index (χ4n) is 1.01. The first kappa shape index (κ1) is 15.4. The van der Waals surface area contributed by atoms with Gasteiger partial charge >= 0.3 is 5.97 Å². The third kappa shape index (κ3) is 8.68. The lowest BCUT2D eigenvalue weighted by Crippen LogP contribution is -2.32. The molecule has 0 saturated carbocycles. The van der Waals surface area contributed by atoms with Gasteiger partial charge in [-0.1, -0.05) is 0 Å². The Morgan fingerprint density at radius 3 is 2.19 bits per heavy atom. The Hall–Kier alpha value is -0.610. The zero-order chi connectivity index (χ0) is 12.8. The van der Waals surface area contributed by atoms with Crippen LogP contribution in [0.4, 0.5) is 0 Å². The Labute approximate surface area is 98.5 Å². The van der Waals surface area contributed by atoms with Gasteiger partial charge in [0, 0.05) is 25.5 Å². The molecule has 0 aliphatic carbocycles. The molecule has 0 saturated heterocycles. The molecule has 0 aliphatic heterocycles. The van der Waals surface area contributed by atoms with E-state index in [9.17, 15) is 4.79 Å². The van der Waals surface area contributed by atoms with E-state index in [2.05, 4.69) is 0 Å². The third-order valence-electron chi connectivity index (χ3n) is 2.49. The number of rotatable bonds is 7. The van der Waals surface area contributed by atoms with Crippen molar-refractivity contribution >= 4 is 5.97 Å². The molecule has 96 valence electrons. The van der Waals surface area contributed by atoms with Gasteiger partial charge in [-0.15, -0.1) is 0 Å². The highest BCUT2D eigenvalue weighted by Gasteiger charge is 2.18. The van der Waals surface area contributed by atoms with Gasteiger partial charge in [-0.3, -0.25) is 4.79 Å². The Morgan fingerprint density at radius 2 is 1.75 bits per heavy atom. The third-order valence-corrected chi connectivity index (χ3v) is 2.49. The van der Waals surface area contributed by atoms with Crippen LogP contribution in [0, 0.1) is 0 Å². The summed E-state index contributed by atoms with van der Waals surface area (Å²) in [5.41, 5.74) is 5.22. The molecule has 4 nitrogen and oxygen atoms in total. The number of nitrogens with two attached hydrogens (primary N) is 1. The van der Waals surface area contributed by atoms with E-state index in [1.807, 2.05) is 27.7 Å². The number of methoxy groups -OCH3 is 1. The smallest absolute Gasteiger partial charge is 0.305 e. The van der Waals surface area contributed by atoms with Gasteiger partial charge < -0.3 is 15.2 Å². The summed E-state index contributed by atoms with van der Waals surface area (Å²) in [5.74, 6) is -0.189. The number of carbonyl (C=O) groups excluding carboxylic acids is 1. The first-order valence-electron chi connectivity index (χ1n) is 5.66. The summed E-state index contributed by atoms with van der Waals surface area (Å²) in [6.07, 6.45) is 1.71. The zero-order valence-corrected chi connectivity index (χ0v) is 11.1. The van der Waals surface area contributed by atoms with Gasteiger partial charge in [0.2, 0.25) is 0 Å². The van der Waals surface area contributed by atoms with Crippen LogP contribution in [-0.4, -0.2) is 30.8 Å². The van der Waals surface area contributed by atoms with Gasteiger partial charge in [-0.05, 0) is 34.1 Å². The molecule has 0 radical (unpaired) electrons. The maximum atomic E-state index is 11.3. The van der Waals surface area contributed by atoms with Crippen LogP contribution in [0.25, 0.3) is 0 Å². The predicted molar refractivity (Wildman–Crippen MR) is 64.2 cm³/mol. The molecular formula is C12H25NO3. The molecule has 0 bridgehead atoms. The van der Waals surface area contributed by atoms with E-state index in [1.54, 1.807) is 7.11 Å². The molecule has 0 aromatic heterocycles. The van der Waals surface area contributed by atoms with Crippen molar-refractivity contribution in [1.82, 2.24) is 0 Å². The Bertz CT molecular complexity index is 219. The van der Waals surface area contributed by atoms with Crippen LogP contribution in [0.2, 0.25) is 0 Å². The molecule has 0 unspecified atom stereocenters. The summed E-state index contributed by atoms with van der Waals surface area (Å²) in [4.78, 5) is 11.3. The highest BCUT2D eigenvalue weighted by Crippen LogP contribution is 2.13. The zero-order valence-electron chi connectivity index (χ0n) is 11.1. The first-order valence-corrected chi connectivity index (χ1v) is 5.66. The standard InChI is InChI=1S/C12H25NO3/c1-11(2,13)7-6-10(14)16-9-8-12(3,4)15-5/h6-9,13H2,1-5H3. The van der Waals surface area contributed by atoms with Gasteiger partial charge in [-0.25, -0.2) is 0 Å². The Kier molecular flexibility index (Phi) is 5.97. The molecule has 0 atom stereocenters. The minimum Gasteiger partial charge on any atom is -0.466 e. The summed E-state index contributed by atoms with van der Waals surface area (Å²) in [5, 5.41) is 0. The quantitative estimate of drug-likeness (QED) is 0.679. The fourth-order valence-corrected chi connectivity index (χ4v) is 1.01. The van der Waals surface area contributed by atoms with Crippen molar-refractivity contribution < 1.29 is 14.3 Å². The maximum absolute atomic E-state index is 11.3. The van der Waals surface area contributed by atoms with Gasteiger partial charge in [0.15, 0.2) is 0 Å². The van der Waals surface area contributed by atoms with E-state index >= 15 is 0 Å². The second-order valence-electron chi connectivity index (χ2n) is 5.42. The van der Waals surface area contributed by atoms with Crippen molar-refractivity contribution in [1.29, 1.82) is 0 Å². The first-order chi connectivity index (χ1) is 7.16. The van der Waals surface area contributed by atoms with Crippen molar-refractivity contribution in [2.24, 2.45) is 5.73 Å². The molecule has 0 amide bonds. The monoisotopic (exact) mass is 231 g/mol. The van der Waals surface area contributed by atoms with Crippen LogP contribution in [-0.2, 0) is 14.3 Å². The Morgan fingerprint density at radius 1 is 1.19 bits per heavy atom. The van der Waals surface area contributed by atoms with Crippen LogP contribution in [0.15, 0.2) is 0 Å². The van der Waals surface area contributed by atoms with Gasteiger partial charge in [0.25, 0.3) is 0 Å². The van der Waals surface area contributed by atoms with Crippen molar-refractivity contribution in [3.05, 3.63) is 0 Å². The van der Waals surface area contributed by atoms with Gasteiger partial charge in [0.1, 0.15) is 0 Å². The van der Waals surface area contributed by atoms with Crippen LogP contribution >= 0.6 is 0 Å². The van der Waals surface area contributed by atoms with Gasteiger partial charge in [0.05, 0.1) is 12.2 Å². The lowest BCUT2D eigenvalue weighted by Gasteiger charge is -2.22. The van der Waals surface area contributed by atoms with Crippen molar-refractivity contribution in [2.75, 3.05) is 13.7 Å². The van der Waals surface area contributed by atoms with E-state index in [-0.39, 0.29) is 17.1 Å². The number of hydrogen-bond acceptors (Lipinski definition) is 4. The van der Waals surface area contributed by atoms with E-state index in [0.717, 1.165) is 0 Å². The highest BCUT2D eigenvalue weighted by molar-refractivity contribution is 5.69. The molecule has 0 aromatic rings. The van der Waals surface area contributed by atoms with Crippen molar-refractivity contribution in [3.63, 3.8) is 0 Å². The van der Waals surface area contributed by atoms with Gasteiger partial charge in [-0.2, -0.15) is 0 Å². The topological polar surface area (TPSA) is 61.5 Å². The minimum absolute atomic E-state index is 0.189. The molecule has 0 aromatic carbocycles. The van der Waals surface area contributed by atoms with Crippen LogP contribution in [0.3, 0.4) is 0 Å². The predicted octanol–water partition coefficient (Wildman–Crippen LogP) is 1.86. The molecular weight excluding hydrogens is 206 g/mol. The van der Waals surface area contributed by atoms with E-state index in [0.29, 0.717) is 25.9 Å². The lowest BCUT2D eigenvalue weighted by molar-refractivity contribution is -0.145. The SMILES string of the molecule is COC(C)(C)CCOC(=O)CCC(C)(C)N. The molecule has 0 spiro atoms. The van der Waals surface area contributed by atoms with Crippen LogP contribution in [0.1, 0.15) is 47.0 Å². The highest BCUT2D eigenvalue weighted by atomic mass is 16.5. The average molecular weight is 231 g/mol. The summed E-state index contributed by atoms with van der Waals surface area (Å²) in [6, 6.07) is 0. The van der Waals surface area contributed by atoms with E-state index < -0.39 is 0 Å². The lowest BCUT2D eigenvalue weighted by atomic mass is 10.0. The number of ether oxygens (including phenoxy) is 2. The number of esters is 1. The Balaban J connectivity index is 3.67. The summed E-state index contributed by atoms with van der Waals surface area (Å²) in [6.45, 7) is 8.11. The second kappa shape index (κ2) is 6.21. The maximum Gasteiger partial charge on any atom is 0.305 e. The van der Waals surface area contributed by atoms with Crippen LogP contribution in [0.5, 0.6) is 0 Å². The molecule has 16 heavy (non-hydrogen) atoms.